The Labute approximate surface area is 199 Å². The van der Waals surface area contributed by atoms with Crippen LogP contribution < -0.4 is 4.74 Å². The molecule has 0 aliphatic carbocycles. The van der Waals surface area contributed by atoms with Crippen LogP contribution in [0.3, 0.4) is 0 Å². The van der Waals surface area contributed by atoms with Gasteiger partial charge in [-0.25, -0.2) is 9.97 Å². The summed E-state index contributed by atoms with van der Waals surface area (Å²) in [6, 6.07) is 1.34. The first-order chi connectivity index (χ1) is 15.6. The third-order valence-electron chi connectivity index (χ3n) is 7.27. The lowest BCUT2D eigenvalue weighted by Crippen LogP contribution is -2.47. The fraction of sp³-hybridized carbons (Fsp3) is 0.708. The van der Waals surface area contributed by atoms with Crippen molar-refractivity contribution in [3.63, 3.8) is 0 Å². The van der Waals surface area contributed by atoms with Gasteiger partial charge in [0.2, 0.25) is 0 Å². The standard InChI is InChI=1S/C24H34N4O2S2/c1-3-30-24-26-22-15-27(7-6-23(22)32-24)8-9-28-18-4-5-19(28)11-17(10-18)12-20(29)13-21-14-25-16(2)31-21/h14,17-19H,3-13,15H2,1-2H3. The molecule has 6 nitrogen and oxygen atoms in total. The Balaban J connectivity index is 1.09. The molecule has 2 aromatic heterocycles. The minimum absolute atomic E-state index is 0.394. The molecule has 2 saturated heterocycles. The van der Waals surface area contributed by atoms with Gasteiger partial charge in [-0.15, -0.1) is 11.3 Å². The van der Waals surface area contributed by atoms with Crippen LogP contribution in [0.2, 0.25) is 0 Å². The quantitative estimate of drug-likeness (QED) is 0.545. The first-order valence-corrected chi connectivity index (χ1v) is 13.7. The van der Waals surface area contributed by atoms with Crippen LogP contribution in [0.15, 0.2) is 6.20 Å². The summed E-state index contributed by atoms with van der Waals surface area (Å²) in [5, 5.41) is 1.88. The van der Waals surface area contributed by atoms with Gasteiger partial charge in [-0.3, -0.25) is 14.6 Å². The van der Waals surface area contributed by atoms with Crippen LogP contribution in [0.5, 0.6) is 5.19 Å². The maximum absolute atomic E-state index is 12.6. The third kappa shape index (κ3) is 5.08. The fourth-order valence-electron chi connectivity index (χ4n) is 5.86. The largest absolute Gasteiger partial charge is 0.470 e. The molecule has 0 N–H and O–H groups in total. The summed E-state index contributed by atoms with van der Waals surface area (Å²) in [7, 11) is 0. The second-order valence-corrected chi connectivity index (χ2v) is 11.9. The van der Waals surface area contributed by atoms with E-state index in [1.54, 1.807) is 22.7 Å². The van der Waals surface area contributed by atoms with E-state index >= 15 is 0 Å². The maximum atomic E-state index is 12.6. The summed E-state index contributed by atoms with van der Waals surface area (Å²) in [4.78, 5) is 29.5. The van der Waals surface area contributed by atoms with Crippen molar-refractivity contribution in [3.05, 3.63) is 26.7 Å². The Kier molecular flexibility index (Phi) is 6.92. The first kappa shape index (κ1) is 22.4. The van der Waals surface area contributed by atoms with Crippen LogP contribution in [0.4, 0.5) is 0 Å². The highest BCUT2D eigenvalue weighted by molar-refractivity contribution is 7.13. The maximum Gasteiger partial charge on any atom is 0.273 e. The zero-order valence-corrected chi connectivity index (χ0v) is 20.8. The van der Waals surface area contributed by atoms with Gasteiger partial charge in [0, 0.05) is 67.1 Å². The minimum Gasteiger partial charge on any atom is -0.470 e. The van der Waals surface area contributed by atoms with Crippen LogP contribution in [0.1, 0.15) is 59.5 Å². The van der Waals surface area contributed by atoms with E-state index in [-0.39, 0.29) is 0 Å². The SMILES string of the molecule is CCOc1nc2c(s1)CCN(CCN1C3CCC1CC(CC(=O)Cc1cnc(C)s1)C3)C2. The van der Waals surface area contributed by atoms with Crippen LogP contribution in [-0.4, -0.2) is 63.9 Å². The van der Waals surface area contributed by atoms with Crippen molar-refractivity contribution in [2.75, 3.05) is 26.2 Å². The van der Waals surface area contributed by atoms with Gasteiger partial charge in [0.05, 0.1) is 17.3 Å². The van der Waals surface area contributed by atoms with Gasteiger partial charge in [0.1, 0.15) is 5.78 Å². The number of Topliss-reactive ketones (excluding diaryl/α,β-unsaturated/α-hetero) is 1. The van der Waals surface area contributed by atoms with Crippen molar-refractivity contribution in [1.29, 1.82) is 0 Å². The molecule has 3 aliphatic heterocycles. The summed E-state index contributed by atoms with van der Waals surface area (Å²) < 4.78 is 5.61. The highest BCUT2D eigenvalue weighted by atomic mass is 32.1. The minimum atomic E-state index is 0.394. The number of rotatable bonds is 9. The molecule has 2 fully saturated rings. The summed E-state index contributed by atoms with van der Waals surface area (Å²) in [5.41, 5.74) is 1.22. The molecule has 0 radical (unpaired) electrons. The highest BCUT2D eigenvalue weighted by Crippen LogP contribution is 2.40. The topological polar surface area (TPSA) is 58.6 Å². The molecule has 0 saturated carbocycles. The molecule has 32 heavy (non-hydrogen) atoms. The lowest BCUT2D eigenvalue weighted by Gasteiger charge is -2.40. The van der Waals surface area contributed by atoms with Gasteiger partial charge >= 0.3 is 0 Å². The van der Waals surface area contributed by atoms with Gasteiger partial charge in [0.15, 0.2) is 0 Å². The van der Waals surface area contributed by atoms with Crippen molar-refractivity contribution in [1.82, 2.24) is 19.8 Å². The average Bonchev–Trinajstić information content (AvgIpc) is 3.41. The lowest BCUT2D eigenvalue weighted by atomic mass is 9.86. The lowest BCUT2D eigenvalue weighted by molar-refractivity contribution is -0.119. The van der Waals surface area contributed by atoms with Crippen molar-refractivity contribution < 1.29 is 9.53 Å². The zero-order valence-electron chi connectivity index (χ0n) is 19.2. The summed E-state index contributed by atoms with van der Waals surface area (Å²) in [5.74, 6) is 0.958. The molecule has 5 heterocycles. The molecule has 2 bridgehead atoms. The number of hydrogen-bond donors (Lipinski definition) is 0. The summed E-state index contributed by atoms with van der Waals surface area (Å²) in [6.45, 7) is 9.04. The number of nitrogens with zero attached hydrogens (tertiary/aromatic N) is 4. The molecule has 2 aromatic rings. The normalized spacial score (nSPS) is 25.8. The molecule has 0 amide bonds. The molecule has 5 rings (SSSR count). The number of ketones is 1. The molecule has 0 spiro atoms. The van der Waals surface area contributed by atoms with Gasteiger partial charge < -0.3 is 4.74 Å². The summed E-state index contributed by atoms with van der Waals surface area (Å²) in [6.07, 6.45) is 9.27. The van der Waals surface area contributed by atoms with E-state index in [1.807, 2.05) is 20.0 Å². The predicted molar refractivity (Wildman–Crippen MR) is 129 cm³/mol. The molecular weight excluding hydrogens is 440 g/mol. The molecule has 0 aromatic carbocycles. The first-order valence-electron chi connectivity index (χ1n) is 12.1. The number of aryl methyl sites for hydroxylation is 1. The highest BCUT2D eigenvalue weighted by Gasteiger charge is 2.41. The van der Waals surface area contributed by atoms with E-state index in [2.05, 4.69) is 14.8 Å². The van der Waals surface area contributed by atoms with Crippen LogP contribution in [0.25, 0.3) is 0 Å². The number of thiazole rings is 2. The number of ether oxygens (including phenoxy) is 1. The van der Waals surface area contributed by atoms with E-state index in [1.165, 1.54) is 36.3 Å². The predicted octanol–water partition coefficient (Wildman–Crippen LogP) is 4.11. The van der Waals surface area contributed by atoms with Crippen LogP contribution in [-0.2, 0) is 24.2 Å². The third-order valence-corrected chi connectivity index (χ3v) is 9.25. The molecule has 174 valence electrons. The number of piperidine rings is 1. The zero-order chi connectivity index (χ0) is 22.1. The Bertz CT molecular complexity index is 928. The molecule has 3 aliphatic rings. The van der Waals surface area contributed by atoms with E-state index in [4.69, 9.17) is 9.72 Å². The Morgan fingerprint density at radius 2 is 2.03 bits per heavy atom. The molecule has 8 heteroatoms. The van der Waals surface area contributed by atoms with E-state index < -0.39 is 0 Å². The Morgan fingerprint density at radius 3 is 2.75 bits per heavy atom. The van der Waals surface area contributed by atoms with E-state index in [0.717, 1.165) is 54.1 Å². The number of hydrogen-bond acceptors (Lipinski definition) is 8. The fourth-order valence-corrected chi connectivity index (χ4v) is 7.64. The second-order valence-electron chi connectivity index (χ2n) is 9.53. The van der Waals surface area contributed by atoms with Crippen LogP contribution in [0, 0.1) is 12.8 Å². The average molecular weight is 475 g/mol. The molecule has 2 unspecified atom stereocenters. The van der Waals surface area contributed by atoms with Gasteiger partial charge in [-0.1, -0.05) is 11.3 Å². The number of carbonyl (C=O) groups is 1. The second kappa shape index (κ2) is 9.87. The number of aromatic nitrogens is 2. The summed E-state index contributed by atoms with van der Waals surface area (Å²) >= 11 is 3.38. The smallest absolute Gasteiger partial charge is 0.273 e. The van der Waals surface area contributed by atoms with Crippen molar-refractivity contribution in [3.8, 4) is 5.19 Å². The molecular formula is C24H34N4O2S2. The molecule has 2 atom stereocenters. The van der Waals surface area contributed by atoms with Gasteiger partial charge in [0.25, 0.3) is 5.19 Å². The van der Waals surface area contributed by atoms with Gasteiger partial charge in [-0.05, 0) is 51.9 Å². The van der Waals surface area contributed by atoms with E-state index in [9.17, 15) is 4.79 Å². The monoisotopic (exact) mass is 474 g/mol. The van der Waals surface area contributed by atoms with E-state index in [0.29, 0.717) is 36.8 Å². The Hall–Kier alpha value is -1.35. The van der Waals surface area contributed by atoms with Crippen molar-refractivity contribution in [2.24, 2.45) is 5.92 Å². The van der Waals surface area contributed by atoms with Crippen LogP contribution >= 0.6 is 22.7 Å². The number of fused-ring (bicyclic) bond motifs is 3. The number of carbonyl (C=O) groups excluding carboxylic acids is 1. The van der Waals surface area contributed by atoms with Gasteiger partial charge in [-0.2, -0.15) is 0 Å². The Morgan fingerprint density at radius 1 is 1.22 bits per heavy atom. The van der Waals surface area contributed by atoms with Crippen molar-refractivity contribution in [2.45, 2.75) is 77.4 Å². The van der Waals surface area contributed by atoms with Crippen molar-refractivity contribution >= 4 is 28.5 Å².